The SMILES string of the molecule is COc1cc(OC)c(C(=O)OCC(=O)Nc2ccccc2C(=O)NCC(C)C)cc1OC. The van der Waals surface area contributed by atoms with E-state index in [2.05, 4.69) is 10.6 Å². The van der Waals surface area contributed by atoms with Crippen LogP contribution >= 0.6 is 0 Å². The maximum atomic E-state index is 12.5. The number of hydrogen-bond acceptors (Lipinski definition) is 7. The second-order valence-corrected chi connectivity index (χ2v) is 7.18. The topological polar surface area (TPSA) is 112 Å². The minimum absolute atomic E-state index is 0.0754. The number of rotatable bonds is 10. The zero-order valence-electron chi connectivity index (χ0n) is 18.8. The molecule has 0 aromatic heterocycles. The molecule has 0 bridgehead atoms. The molecule has 2 rings (SSSR count). The molecule has 9 heteroatoms. The van der Waals surface area contributed by atoms with Crippen LogP contribution in [0, 0.1) is 5.92 Å². The molecular weight excluding hydrogens is 416 g/mol. The van der Waals surface area contributed by atoms with Crippen LogP contribution in [0.25, 0.3) is 0 Å². The van der Waals surface area contributed by atoms with Crippen molar-refractivity contribution in [3.05, 3.63) is 47.5 Å². The number of benzene rings is 2. The number of anilines is 1. The number of para-hydroxylation sites is 1. The van der Waals surface area contributed by atoms with Gasteiger partial charge in [-0.1, -0.05) is 26.0 Å². The smallest absolute Gasteiger partial charge is 0.342 e. The van der Waals surface area contributed by atoms with Gasteiger partial charge in [0.05, 0.1) is 32.6 Å². The summed E-state index contributed by atoms with van der Waals surface area (Å²) in [6, 6.07) is 9.49. The molecule has 0 saturated carbocycles. The summed E-state index contributed by atoms with van der Waals surface area (Å²) in [6.07, 6.45) is 0. The van der Waals surface area contributed by atoms with Crippen LogP contribution in [-0.2, 0) is 9.53 Å². The second kappa shape index (κ2) is 11.6. The van der Waals surface area contributed by atoms with Gasteiger partial charge in [-0.2, -0.15) is 0 Å². The van der Waals surface area contributed by atoms with Crippen molar-refractivity contribution in [3.8, 4) is 17.2 Å². The highest BCUT2D eigenvalue weighted by Gasteiger charge is 2.20. The lowest BCUT2D eigenvalue weighted by atomic mass is 10.1. The minimum Gasteiger partial charge on any atom is -0.496 e. The van der Waals surface area contributed by atoms with Crippen LogP contribution in [0.2, 0.25) is 0 Å². The van der Waals surface area contributed by atoms with Gasteiger partial charge >= 0.3 is 5.97 Å². The minimum atomic E-state index is -0.777. The van der Waals surface area contributed by atoms with Gasteiger partial charge in [-0.25, -0.2) is 4.79 Å². The summed E-state index contributed by atoms with van der Waals surface area (Å²) in [6.45, 7) is 3.91. The lowest BCUT2D eigenvalue weighted by Gasteiger charge is -2.14. The third-order valence-electron chi connectivity index (χ3n) is 4.38. The van der Waals surface area contributed by atoms with Crippen LogP contribution in [0.5, 0.6) is 17.2 Å². The van der Waals surface area contributed by atoms with E-state index in [1.54, 1.807) is 24.3 Å². The monoisotopic (exact) mass is 444 g/mol. The van der Waals surface area contributed by atoms with E-state index in [1.807, 2.05) is 13.8 Å². The molecule has 0 unspecified atom stereocenters. The van der Waals surface area contributed by atoms with E-state index >= 15 is 0 Å². The van der Waals surface area contributed by atoms with Crippen LogP contribution in [-0.4, -0.2) is 52.3 Å². The molecule has 0 saturated heterocycles. The zero-order valence-corrected chi connectivity index (χ0v) is 18.8. The zero-order chi connectivity index (χ0) is 23.7. The van der Waals surface area contributed by atoms with Gasteiger partial charge in [-0.3, -0.25) is 9.59 Å². The number of hydrogen-bond donors (Lipinski definition) is 2. The molecular formula is C23H28N2O7. The van der Waals surface area contributed by atoms with Gasteiger partial charge in [0.25, 0.3) is 11.8 Å². The lowest BCUT2D eigenvalue weighted by Crippen LogP contribution is -2.29. The Morgan fingerprint density at radius 3 is 2.12 bits per heavy atom. The van der Waals surface area contributed by atoms with Gasteiger partial charge in [0.1, 0.15) is 11.3 Å². The molecule has 0 radical (unpaired) electrons. The number of amides is 2. The summed E-state index contributed by atoms with van der Waals surface area (Å²) < 4.78 is 20.7. The van der Waals surface area contributed by atoms with Gasteiger partial charge in [0, 0.05) is 18.7 Å². The molecule has 172 valence electrons. The van der Waals surface area contributed by atoms with E-state index in [0.717, 1.165) is 0 Å². The molecule has 2 amide bonds. The van der Waals surface area contributed by atoms with E-state index in [9.17, 15) is 14.4 Å². The summed E-state index contributed by atoms with van der Waals surface area (Å²) in [5.74, 6) is -0.490. The predicted octanol–water partition coefficient (Wildman–Crippen LogP) is 2.89. The lowest BCUT2D eigenvalue weighted by molar-refractivity contribution is -0.119. The Morgan fingerprint density at radius 1 is 0.875 bits per heavy atom. The van der Waals surface area contributed by atoms with Gasteiger partial charge in [0.2, 0.25) is 0 Å². The van der Waals surface area contributed by atoms with E-state index in [-0.39, 0.29) is 23.1 Å². The number of carbonyl (C=O) groups excluding carboxylic acids is 3. The summed E-state index contributed by atoms with van der Waals surface area (Å²) in [7, 11) is 4.29. The summed E-state index contributed by atoms with van der Waals surface area (Å²) in [5, 5.41) is 5.41. The van der Waals surface area contributed by atoms with E-state index < -0.39 is 18.5 Å². The highest BCUT2D eigenvalue weighted by Crippen LogP contribution is 2.34. The molecule has 2 aromatic carbocycles. The quantitative estimate of drug-likeness (QED) is 0.542. The Balaban J connectivity index is 2.07. The fourth-order valence-corrected chi connectivity index (χ4v) is 2.77. The van der Waals surface area contributed by atoms with Crippen molar-refractivity contribution in [2.75, 3.05) is 39.8 Å². The van der Waals surface area contributed by atoms with Crippen LogP contribution in [0.3, 0.4) is 0 Å². The Labute approximate surface area is 187 Å². The fourth-order valence-electron chi connectivity index (χ4n) is 2.77. The number of esters is 1. The third-order valence-corrected chi connectivity index (χ3v) is 4.38. The molecule has 0 heterocycles. The molecule has 0 atom stereocenters. The Hall–Kier alpha value is -3.75. The normalized spacial score (nSPS) is 10.3. The first kappa shape index (κ1) is 24.5. The van der Waals surface area contributed by atoms with Crippen molar-refractivity contribution in [3.63, 3.8) is 0 Å². The Kier molecular flexibility index (Phi) is 8.88. The summed E-state index contributed by atoms with van der Waals surface area (Å²) in [5.41, 5.74) is 0.708. The Morgan fingerprint density at radius 2 is 1.50 bits per heavy atom. The molecule has 0 aliphatic carbocycles. The van der Waals surface area contributed by atoms with Gasteiger partial charge in [0.15, 0.2) is 18.1 Å². The first-order valence-corrected chi connectivity index (χ1v) is 9.94. The van der Waals surface area contributed by atoms with Gasteiger partial charge in [-0.15, -0.1) is 0 Å². The third kappa shape index (κ3) is 6.37. The first-order chi connectivity index (χ1) is 15.3. The van der Waals surface area contributed by atoms with Crippen LogP contribution in [0.1, 0.15) is 34.6 Å². The average molecular weight is 444 g/mol. The summed E-state index contributed by atoms with van der Waals surface area (Å²) in [4.78, 5) is 37.3. The van der Waals surface area contributed by atoms with E-state index in [4.69, 9.17) is 18.9 Å². The molecule has 0 fully saturated rings. The standard InChI is InChI=1S/C23H28N2O7/c1-14(2)12-24-22(27)15-8-6-7-9-17(15)25-21(26)13-32-23(28)16-10-19(30-4)20(31-5)11-18(16)29-3/h6-11,14H,12-13H2,1-5H3,(H,24,27)(H,25,26). The van der Waals surface area contributed by atoms with Crippen molar-refractivity contribution in [2.45, 2.75) is 13.8 Å². The van der Waals surface area contributed by atoms with Crippen molar-refractivity contribution < 1.29 is 33.3 Å². The largest absolute Gasteiger partial charge is 0.496 e. The maximum Gasteiger partial charge on any atom is 0.342 e. The van der Waals surface area contributed by atoms with Crippen LogP contribution < -0.4 is 24.8 Å². The van der Waals surface area contributed by atoms with Crippen LogP contribution in [0.15, 0.2) is 36.4 Å². The number of carbonyl (C=O) groups is 3. The highest BCUT2D eigenvalue weighted by atomic mass is 16.5. The van der Waals surface area contributed by atoms with Gasteiger partial charge in [-0.05, 0) is 18.1 Å². The van der Waals surface area contributed by atoms with Gasteiger partial charge < -0.3 is 29.6 Å². The predicted molar refractivity (Wildman–Crippen MR) is 119 cm³/mol. The molecule has 32 heavy (non-hydrogen) atoms. The highest BCUT2D eigenvalue weighted by molar-refractivity contribution is 6.04. The first-order valence-electron chi connectivity index (χ1n) is 9.94. The molecule has 2 aromatic rings. The maximum absolute atomic E-state index is 12.5. The number of nitrogens with one attached hydrogen (secondary N) is 2. The molecule has 0 spiro atoms. The number of methoxy groups -OCH3 is 3. The van der Waals surface area contributed by atoms with Crippen molar-refractivity contribution >= 4 is 23.5 Å². The Bertz CT molecular complexity index is 973. The molecule has 2 N–H and O–H groups in total. The molecule has 0 aliphatic heterocycles. The van der Waals surface area contributed by atoms with Crippen molar-refractivity contribution in [1.29, 1.82) is 0 Å². The van der Waals surface area contributed by atoms with E-state index in [1.165, 1.54) is 33.5 Å². The van der Waals surface area contributed by atoms with Crippen molar-refractivity contribution in [2.24, 2.45) is 5.92 Å². The van der Waals surface area contributed by atoms with Crippen LogP contribution in [0.4, 0.5) is 5.69 Å². The molecule has 0 aliphatic rings. The van der Waals surface area contributed by atoms with Crippen molar-refractivity contribution in [1.82, 2.24) is 5.32 Å². The fraction of sp³-hybridized carbons (Fsp3) is 0.348. The number of ether oxygens (including phenoxy) is 4. The van der Waals surface area contributed by atoms with E-state index in [0.29, 0.717) is 29.3 Å². The second-order valence-electron chi connectivity index (χ2n) is 7.18. The molecule has 9 nitrogen and oxygen atoms in total. The average Bonchev–Trinajstić information content (AvgIpc) is 2.80. The summed E-state index contributed by atoms with van der Waals surface area (Å²) >= 11 is 0.